The second kappa shape index (κ2) is 9.91. The van der Waals surface area contributed by atoms with Crippen LogP contribution in [0.5, 0.6) is 0 Å². The molecule has 0 fully saturated rings. The molecule has 0 bridgehead atoms. The van der Waals surface area contributed by atoms with E-state index in [0.717, 1.165) is 18.9 Å². The van der Waals surface area contributed by atoms with Crippen molar-refractivity contribution in [1.29, 1.82) is 0 Å². The van der Waals surface area contributed by atoms with Crippen LogP contribution in [0.3, 0.4) is 0 Å². The Balaban J connectivity index is 2.34. The molecule has 164 valence electrons. The van der Waals surface area contributed by atoms with Gasteiger partial charge in [-0.1, -0.05) is 40.2 Å². The van der Waals surface area contributed by atoms with Crippen molar-refractivity contribution in [2.24, 2.45) is 5.92 Å². The van der Waals surface area contributed by atoms with Crippen LogP contribution in [0, 0.1) is 11.7 Å². The fraction of sp³-hybridized carbons (Fsp3) is 0.455. The lowest BCUT2D eigenvalue weighted by Crippen LogP contribution is -2.29. The van der Waals surface area contributed by atoms with Crippen LogP contribution in [0.1, 0.15) is 67.9 Å². The van der Waals surface area contributed by atoms with Gasteiger partial charge in [0, 0.05) is 12.7 Å². The number of hydrogen-bond acceptors (Lipinski definition) is 3. The first kappa shape index (κ1) is 23.6. The number of amides is 1. The second-order valence-corrected chi connectivity index (χ2v) is 7.48. The van der Waals surface area contributed by atoms with E-state index in [0.29, 0.717) is 29.7 Å². The first-order chi connectivity index (χ1) is 14.1. The molecule has 0 aliphatic rings. The van der Waals surface area contributed by atoms with E-state index in [1.165, 1.54) is 12.3 Å². The minimum Gasteiger partial charge on any atom is -0.352 e. The van der Waals surface area contributed by atoms with E-state index in [1.807, 2.05) is 27.7 Å². The van der Waals surface area contributed by atoms with Gasteiger partial charge in [0.15, 0.2) is 5.82 Å². The van der Waals surface area contributed by atoms with Gasteiger partial charge in [-0.05, 0) is 42.0 Å². The fourth-order valence-corrected chi connectivity index (χ4v) is 2.85. The van der Waals surface area contributed by atoms with Crippen LogP contribution in [0.2, 0.25) is 0 Å². The van der Waals surface area contributed by atoms with Crippen LogP contribution in [-0.2, 0) is 6.18 Å². The smallest absolute Gasteiger partial charge is 0.352 e. The minimum atomic E-state index is -4.80. The quantitative estimate of drug-likeness (QED) is 0.490. The highest BCUT2D eigenvalue weighted by Crippen LogP contribution is 2.35. The molecule has 1 aromatic heterocycles. The number of halogens is 4. The van der Waals surface area contributed by atoms with Gasteiger partial charge in [-0.3, -0.25) is 4.79 Å². The Bertz CT molecular complexity index is 883. The molecule has 0 radical (unpaired) electrons. The summed E-state index contributed by atoms with van der Waals surface area (Å²) in [6.45, 7) is 8.51. The lowest BCUT2D eigenvalue weighted by molar-refractivity contribution is -0.139. The van der Waals surface area contributed by atoms with E-state index in [-0.39, 0.29) is 23.3 Å². The van der Waals surface area contributed by atoms with Crippen molar-refractivity contribution >= 4 is 17.4 Å². The molecule has 0 aliphatic carbocycles. The fourth-order valence-electron chi connectivity index (χ4n) is 2.85. The summed E-state index contributed by atoms with van der Waals surface area (Å²) in [6.07, 6.45) is -1.74. The molecule has 1 amide bonds. The van der Waals surface area contributed by atoms with Crippen LogP contribution in [-0.4, -0.2) is 17.4 Å². The van der Waals surface area contributed by atoms with Gasteiger partial charge in [0.1, 0.15) is 5.82 Å². The number of aromatic nitrogens is 1. The van der Waals surface area contributed by atoms with Crippen molar-refractivity contribution in [2.75, 3.05) is 11.9 Å². The Morgan fingerprint density at radius 3 is 2.47 bits per heavy atom. The topological polar surface area (TPSA) is 54.0 Å². The molecule has 2 rings (SSSR count). The van der Waals surface area contributed by atoms with Crippen molar-refractivity contribution in [1.82, 2.24) is 10.3 Å². The molecule has 30 heavy (non-hydrogen) atoms. The predicted molar refractivity (Wildman–Crippen MR) is 109 cm³/mol. The molecule has 1 aromatic carbocycles. The zero-order valence-electron chi connectivity index (χ0n) is 17.5. The molecule has 0 aliphatic heterocycles. The van der Waals surface area contributed by atoms with E-state index in [1.54, 1.807) is 6.07 Å². The van der Waals surface area contributed by atoms with E-state index in [9.17, 15) is 22.4 Å². The van der Waals surface area contributed by atoms with Gasteiger partial charge >= 0.3 is 6.18 Å². The minimum absolute atomic E-state index is 0.00394. The third-order valence-corrected chi connectivity index (χ3v) is 5.20. The Hall–Kier alpha value is -2.64. The predicted octanol–water partition coefficient (Wildman–Crippen LogP) is 6.27. The SMILES string of the molecule is CCC(C)CNC(=O)c1cnc(Nc2cccc(C(F)(F)F)c2F)cc1C(C)CC. The lowest BCUT2D eigenvalue weighted by atomic mass is 9.94. The highest BCUT2D eigenvalue weighted by Gasteiger charge is 2.35. The summed E-state index contributed by atoms with van der Waals surface area (Å²) in [5.41, 5.74) is -0.580. The van der Waals surface area contributed by atoms with Crippen molar-refractivity contribution in [3.8, 4) is 0 Å². The third kappa shape index (κ3) is 5.70. The number of anilines is 2. The number of benzene rings is 1. The van der Waals surface area contributed by atoms with Gasteiger partial charge in [0.05, 0.1) is 16.8 Å². The Labute approximate surface area is 174 Å². The molecule has 2 unspecified atom stereocenters. The monoisotopic (exact) mass is 425 g/mol. The number of rotatable bonds is 8. The molecule has 2 N–H and O–H groups in total. The van der Waals surface area contributed by atoms with Crippen molar-refractivity contribution < 1.29 is 22.4 Å². The lowest BCUT2D eigenvalue weighted by Gasteiger charge is -2.18. The van der Waals surface area contributed by atoms with Gasteiger partial charge in [-0.15, -0.1) is 0 Å². The van der Waals surface area contributed by atoms with Gasteiger partial charge in [-0.2, -0.15) is 13.2 Å². The summed E-state index contributed by atoms with van der Waals surface area (Å²) in [5, 5.41) is 5.50. The van der Waals surface area contributed by atoms with Crippen molar-refractivity contribution in [3.05, 3.63) is 53.0 Å². The molecule has 0 saturated carbocycles. The summed E-state index contributed by atoms with van der Waals surface area (Å²) in [7, 11) is 0. The maximum atomic E-state index is 14.3. The summed E-state index contributed by atoms with van der Waals surface area (Å²) >= 11 is 0. The van der Waals surface area contributed by atoms with Crippen LogP contribution in [0.4, 0.5) is 29.1 Å². The summed E-state index contributed by atoms with van der Waals surface area (Å²) in [5.74, 6) is -1.15. The van der Waals surface area contributed by atoms with Crippen LogP contribution >= 0.6 is 0 Å². The Morgan fingerprint density at radius 2 is 1.87 bits per heavy atom. The normalized spacial score (nSPS) is 13.6. The largest absolute Gasteiger partial charge is 0.419 e. The van der Waals surface area contributed by atoms with Crippen molar-refractivity contribution in [3.63, 3.8) is 0 Å². The number of carbonyl (C=O) groups is 1. The van der Waals surface area contributed by atoms with E-state index < -0.39 is 17.6 Å². The maximum absolute atomic E-state index is 14.3. The number of alkyl halides is 3. The number of hydrogen-bond donors (Lipinski definition) is 2. The first-order valence-electron chi connectivity index (χ1n) is 9.99. The number of pyridine rings is 1. The Morgan fingerprint density at radius 1 is 1.17 bits per heavy atom. The van der Waals surface area contributed by atoms with Crippen LogP contribution < -0.4 is 10.6 Å². The van der Waals surface area contributed by atoms with Gasteiger partial charge in [0.2, 0.25) is 0 Å². The van der Waals surface area contributed by atoms with E-state index in [4.69, 9.17) is 0 Å². The zero-order chi connectivity index (χ0) is 22.5. The number of nitrogens with zero attached hydrogens (tertiary/aromatic N) is 1. The number of nitrogens with one attached hydrogen (secondary N) is 2. The molecule has 0 saturated heterocycles. The second-order valence-electron chi connectivity index (χ2n) is 7.48. The summed E-state index contributed by atoms with van der Waals surface area (Å²) in [6, 6.07) is 4.61. The number of carbonyl (C=O) groups excluding carboxylic acids is 1. The third-order valence-electron chi connectivity index (χ3n) is 5.20. The van der Waals surface area contributed by atoms with Crippen molar-refractivity contribution in [2.45, 2.75) is 52.6 Å². The zero-order valence-corrected chi connectivity index (χ0v) is 17.5. The maximum Gasteiger partial charge on any atom is 0.419 e. The van der Waals surface area contributed by atoms with Gasteiger partial charge < -0.3 is 10.6 Å². The molecule has 4 nitrogen and oxygen atoms in total. The average molecular weight is 425 g/mol. The first-order valence-corrected chi connectivity index (χ1v) is 9.99. The molecule has 2 aromatic rings. The molecule has 1 heterocycles. The summed E-state index contributed by atoms with van der Waals surface area (Å²) in [4.78, 5) is 16.8. The van der Waals surface area contributed by atoms with E-state index in [2.05, 4.69) is 15.6 Å². The molecular weight excluding hydrogens is 398 g/mol. The van der Waals surface area contributed by atoms with E-state index >= 15 is 0 Å². The molecule has 0 spiro atoms. The highest BCUT2D eigenvalue weighted by molar-refractivity contribution is 5.96. The highest BCUT2D eigenvalue weighted by atomic mass is 19.4. The van der Waals surface area contributed by atoms with Gasteiger partial charge in [0.25, 0.3) is 5.91 Å². The Kier molecular flexibility index (Phi) is 7.81. The standard InChI is InChI=1S/C22H27F4N3O/c1-5-13(3)11-28-21(30)16-12-27-19(10-15(16)14(4)6-2)29-18-9-7-8-17(20(18)23)22(24,25)26/h7-10,12-14H,5-6,11H2,1-4H3,(H,27,29)(H,28,30). The summed E-state index contributed by atoms with van der Waals surface area (Å²) < 4.78 is 53.2. The van der Waals surface area contributed by atoms with Crippen LogP contribution in [0.15, 0.2) is 30.5 Å². The molecule has 8 heteroatoms. The molecule has 2 atom stereocenters. The molecular formula is C22H27F4N3O. The van der Waals surface area contributed by atoms with Crippen LogP contribution in [0.25, 0.3) is 0 Å². The average Bonchev–Trinajstić information content (AvgIpc) is 2.71. The van der Waals surface area contributed by atoms with Gasteiger partial charge in [-0.25, -0.2) is 9.37 Å².